The van der Waals surface area contributed by atoms with Crippen LogP contribution in [-0.2, 0) is 0 Å². The van der Waals surface area contributed by atoms with Gasteiger partial charge in [-0.2, -0.15) is 10.5 Å². The molecule has 1 aromatic rings. The fourth-order valence-corrected chi connectivity index (χ4v) is 1.54. The van der Waals surface area contributed by atoms with Gasteiger partial charge in [0.05, 0.1) is 23.6 Å². The Kier molecular flexibility index (Phi) is 4.36. The summed E-state index contributed by atoms with van der Waals surface area (Å²) < 4.78 is 0. The molecule has 0 amide bonds. The van der Waals surface area contributed by atoms with Gasteiger partial charge in [0, 0.05) is 18.8 Å². The molecule has 3 nitrogen and oxygen atoms in total. The first-order chi connectivity index (χ1) is 7.71. The van der Waals surface area contributed by atoms with E-state index in [0.717, 1.165) is 18.8 Å². The molecule has 0 fully saturated rings. The van der Waals surface area contributed by atoms with Gasteiger partial charge >= 0.3 is 0 Å². The lowest BCUT2D eigenvalue weighted by molar-refractivity contribution is 0.686. The molecular formula is C13H15N3. The lowest BCUT2D eigenvalue weighted by Crippen LogP contribution is -2.27. The van der Waals surface area contributed by atoms with E-state index in [4.69, 9.17) is 10.5 Å². The number of benzene rings is 1. The number of anilines is 1. The SMILES string of the molecule is CCN(CC(C)C#N)c1ccc(C#N)cc1. The quantitative estimate of drug-likeness (QED) is 0.772. The Labute approximate surface area is 96.5 Å². The molecule has 1 aromatic carbocycles. The Morgan fingerprint density at radius 3 is 2.31 bits per heavy atom. The van der Waals surface area contributed by atoms with Gasteiger partial charge in [-0.3, -0.25) is 0 Å². The number of rotatable bonds is 4. The minimum atomic E-state index is 0.00981. The lowest BCUT2D eigenvalue weighted by atomic mass is 10.1. The van der Waals surface area contributed by atoms with E-state index in [0.29, 0.717) is 5.56 Å². The number of hydrogen-bond acceptors (Lipinski definition) is 3. The van der Waals surface area contributed by atoms with Gasteiger partial charge in [-0.25, -0.2) is 0 Å². The van der Waals surface area contributed by atoms with Gasteiger partial charge in [0.1, 0.15) is 0 Å². The van der Waals surface area contributed by atoms with E-state index < -0.39 is 0 Å². The first kappa shape index (κ1) is 12.1. The summed E-state index contributed by atoms with van der Waals surface area (Å²) in [5, 5.41) is 17.5. The molecule has 0 radical (unpaired) electrons. The molecule has 1 unspecified atom stereocenters. The van der Waals surface area contributed by atoms with Crippen molar-refractivity contribution >= 4 is 5.69 Å². The Balaban J connectivity index is 2.80. The molecule has 0 aliphatic heterocycles. The number of nitrogens with zero attached hydrogens (tertiary/aromatic N) is 3. The first-order valence-electron chi connectivity index (χ1n) is 5.36. The standard InChI is InChI=1S/C13H15N3/c1-3-16(10-11(2)8-14)13-6-4-12(9-15)5-7-13/h4-7,11H,3,10H2,1-2H3. The van der Waals surface area contributed by atoms with Crippen molar-refractivity contribution in [3.63, 3.8) is 0 Å². The van der Waals surface area contributed by atoms with E-state index in [1.165, 1.54) is 0 Å². The van der Waals surface area contributed by atoms with Crippen molar-refractivity contribution in [1.82, 2.24) is 0 Å². The molecule has 16 heavy (non-hydrogen) atoms. The highest BCUT2D eigenvalue weighted by molar-refractivity contribution is 5.49. The smallest absolute Gasteiger partial charge is 0.0991 e. The van der Waals surface area contributed by atoms with E-state index in [-0.39, 0.29) is 5.92 Å². The van der Waals surface area contributed by atoms with Gasteiger partial charge in [-0.1, -0.05) is 0 Å². The molecule has 0 saturated carbocycles. The molecule has 0 saturated heterocycles. The van der Waals surface area contributed by atoms with Crippen LogP contribution in [0.3, 0.4) is 0 Å². The summed E-state index contributed by atoms with van der Waals surface area (Å²) in [6.45, 7) is 5.55. The van der Waals surface area contributed by atoms with Crippen LogP contribution in [0.5, 0.6) is 0 Å². The van der Waals surface area contributed by atoms with Gasteiger partial charge in [-0.15, -0.1) is 0 Å². The van der Waals surface area contributed by atoms with E-state index >= 15 is 0 Å². The lowest BCUT2D eigenvalue weighted by Gasteiger charge is -2.24. The Morgan fingerprint density at radius 1 is 1.25 bits per heavy atom. The molecule has 0 aromatic heterocycles. The molecule has 0 N–H and O–H groups in total. The van der Waals surface area contributed by atoms with Crippen molar-refractivity contribution in [3.8, 4) is 12.1 Å². The maximum absolute atomic E-state index is 8.79. The van der Waals surface area contributed by atoms with E-state index in [1.807, 2.05) is 19.1 Å². The molecule has 0 aliphatic rings. The Morgan fingerprint density at radius 2 is 1.88 bits per heavy atom. The van der Waals surface area contributed by atoms with Gasteiger partial charge < -0.3 is 4.90 Å². The highest BCUT2D eigenvalue weighted by Crippen LogP contribution is 2.16. The Bertz CT molecular complexity index is 408. The molecule has 3 heteroatoms. The minimum Gasteiger partial charge on any atom is -0.371 e. The molecule has 0 heterocycles. The summed E-state index contributed by atoms with van der Waals surface area (Å²) in [7, 11) is 0. The summed E-state index contributed by atoms with van der Waals surface area (Å²) in [4.78, 5) is 2.13. The predicted molar refractivity (Wildman–Crippen MR) is 63.8 cm³/mol. The van der Waals surface area contributed by atoms with Gasteiger partial charge in [0.15, 0.2) is 0 Å². The second-order valence-electron chi connectivity index (χ2n) is 3.73. The molecule has 1 atom stereocenters. The van der Waals surface area contributed by atoms with E-state index in [2.05, 4.69) is 24.0 Å². The van der Waals surface area contributed by atoms with Crippen molar-refractivity contribution in [3.05, 3.63) is 29.8 Å². The van der Waals surface area contributed by atoms with Gasteiger partial charge in [0.2, 0.25) is 0 Å². The molecule has 0 spiro atoms. The second kappa shape index (κ2) is 5.78. The normalized spacial score (nSPS) is 11.2. The van der Waals surface area contributed by atoms with Crippen molar-refractivity contribution < 1.29 is 0 Å². The number of hydrogen-bond donors (Lipinski definition) is 0. The van der Waals surface area contributed by atoms with Gasteiger partial charge in [-0.05, 0) is 38.1 Å². The third-order valence-electron chi connectivity index (χ3n) is 2.46. The van der Waals surface area contributed by atoms with Crippen molar-refractivity contribution in [2.75, 3.05) is 18.0 Å². The van der Waals surface area contributed by atoms with Crippen LogP contribution in [0.25, 0.3) is 0 Å². The van der Waals surface area contributed by atoms with Crippen molar-refractivity contribution in [2.45, 2.75) is 13.8 Å². The largest absolute Gasteiger partial charge is 0.371 e. The van der Waals surface area contributed by atoms with Crippen LogP contribution < -0.4 is 4.90 Å². The maximum Gasteiger partial charge on any atom is 0.0991 e. The average molecular weight is 213 g/mol. The van der Waals surface area contributed by atoms with E-state index in [1.54, 1.807) is 12.1 Å². The fraction of sp³-hybridized carbons (Fsp3) is 0.385. The van der Waals surface area contributed by atoms with Crippen LogP contribution in [0.15, 0.2) is 24.3 Å². The van der Waals surface area contributed by atoms with Crippen LogP contribution >= 0.6 is 0 Å². The van der Waals surface area contributed by atoms with Crippen molar-refractivity contribution in [2.24, 2.45) is 5.92 Å². The van der Waals surface area contributed by atoms with Crippen LogP contribution in [0, 0.1) is 28.6 Å². The molecule has 0 bridgehead atoms. The molecule has 1 rings (SSSR count). The van der Waals surface area contributed by atoms with E-state index in [9.17, 15) is 0 Å². The third kappa shape index (κ3) is 3.00. The Hall–Kier alpha value is -2.00. The zero-order chi connectivity index (χ0) is 12.0. The van der Waals surface area contributed by atoms with Crippen LogP contribution in [0.2, 0.25) is 0 Å². The maximum atomic E-state index is 8.79. The van der Waals surface area contributed by atoms with Crippen LogP contribution in [0.1, 0.15) is 19.4 Å². The van der Waals surface area contributed by atoms with Gasteiger partial charge in [0.25, 0.3) is 0 Å². The molecule has 0 aliphatic carbocycles. The molecule has 82 valence electrons. The monoisotopic (exact) mass is 213 g/mol. The summed E-state index contributed by atoms with van der Waals surface area (Å²) in [6, 6.07) is 11.8. The third-order valence-corrected chi connectivity index (χ3v) is 2.46. The average Bonchev–Trinajstić information content (AvgIpc) is 2.35. The fourth-order valence-electron chi connectivity index (χ4n) is 1.54. The highest BCUT2D eigenvalue weighted by atomic mass is 15.1. The summed E-state index contributed by atoms with van der Waals surface area (Å²) in [5.41, 5.74) is 1.72. The molecular weight excluding hydrogens is 198 g/mol. The zero-order valence-electron chi connectivity index (χ0n) is 9.64. The van der Waals surface area contributed by atoms with Crippen LogP contribution in [0.4, 0.5) is 5.69 Å². The number of nitriles is 2. The topological polar surface area (TPSA) is 50.8 Å². The highest BCUT2D eigenvalue weighted by Gasteiger charge is 2.08. The zero-order valence-corrected chi connectivity index (χ0v) is 9.64. The van der Waals surface area contributed by atoms with Crippen LogP contribution in [-0.4, -0.2) is 13.1 Å². The predicted octanol–water partition coefficient (Wildman–Crippen LogP) is 2.54. The van der Waals surface area contributed by atoms with Crippen molar-refractivity contribution in [1.29, 1.82) is 10.5 Å². The minimum absolute atomic E-state index is 0.00981. The summed E-state index contributed by atoms with van der Waals surface area (Å²) in [5.74, 6) is 0.00981. The summed E-state index contributed by atoms with van der Waals surface area (Å²) >= 11 is 0. The summed E-state index contributed by atoms with van der Waals surface area (Å²) in [6.07, 6.45) is 0. The second-order valence-corrected chi connectivity index (χ2v) is 3.73. The first-order valence-corrected chi connectivity index (χ1v) is 5.36.